The van der Waals surface area contributed by atoms with Crippen LogP contribution in [0.3, 0.4) is 0 Å². The summed E-state index contributed by atoms with van der Waals surface area (Å²) >= 11 is 0. The van der Waals surface area contributed by atoms with Crippen molar-refractivity contribution in [1.29, 1.82) is 0 Å². The minimum Gasteiger partial charge on any atom is -0.388 e. The van der Waals surface area contributed by atoms with Gasteiger partial charge in [0.05, 0.1) is 0 Å². The topological polar surface area (TPSA) is 24.1 Å². The smallest absolute Gasteiger partial charge is 0.0384 e. The van der Waals surface area contributed by atoms with E-state index >= 15 is 0 Å². The fourth-order valence-corrected chi connectivity index (χ4v) is 1.59. The summed E-state index contributed by atoms with van der Waals surface area (Å²) in [5.74, 6) is 0. The van der Waals surface area contributed by atoms with Gasteiger partial charge in [0.2, 0.25) is 0 Å². The molecule has 0 bridgehead atoms. The zero-order valence-corrected chi connectivity index (χ0v) is 9.90. The molecule has 0 aliphatic heterocycles. The second-order valence-corrected chi connectivity index (χ2v) is 3.80. The highest BCUT2D eigenvalue weighted by Gasteiger charge is 1.97. The van der Waals surface area contributed by atoms with E-state index in [2.05, 4.69) is 17.2 Å². The van der Waals surface area contributed by atoms with E-state index in [1.165, 1.54) is 0 Å². The van der Waals surface area contributed by atoms with Crippen molar-refractivity contribution in [3.05, 3.63) is 66.7 Å². The Balaban J connectivity index is 2.11. The van der Waals surface area contributed by atoms with Gasteiger partial charge in [-0.05, 0) is 29.8 Å². The van der Waals surface area contributed by atoms with Gasteiger partial charge in [-0.3, -0.25) is 0 Å². The molecule has 2 aromatic rings. The Hall–Kier alpha value is -2.22. The van der Waals surface area contributed by atoms with Gasteiger partial charge in [0.1, 0.15) is 0 Å². The molecule has 0 unspecified atom stereocenters. The third kappa shape index (κ3) is 2.88. The zero-order valence-electron chi connectivity index (χ0n) is 9.90. The lowest BCUT2D eigenvalue weighted by atomic mass is 10.1. The van der Waals surface area contributed by atoms with Crippen LogP contribution < -0.4 is 10.6 Å². The van der Waals surface area contributed by atoms with Gasteiger partial charge >= 0.3 is 0 Å². The van der Waals surface area contributed by atoms with Gasteiger partial charge in [0.15, 0.2) is 0 Å². The highest BCUT2D eigenvalue weighted by molar-refractivity contribution is 5.66. The molecule has 0 aliphatic carbocycles. The van der Waals surface area contributed by atoms with Crippen LogP contribution in [0.1, 0.15) is 5.56 Å². The summed E-state index contributed by atoms with van der Waals surface area (Å²) in [6, 6.07) is 18.3. The van der Waals surface area contributed by atoms with E-state index in [0.29, 0.717) is 0 Å². The van der Waals surface area contributed by atoms with Gasteiger partial charge in [-0.2, -0.15) is 0 Å². The first-order valence-electron chi connectivity index (χ1n) is 5.59. The van der Waals surface area contributed by atoms with Crippen molar-refractivity contribution >= 4 is 17.1 Å². The molecule has 0 spiro atoms. The summed E-state index contributed by atoms with van der Waals surface area (Å²) < 4.78 is 0. The molecule has 0 aliphatic rings. The second kappa shape index (κ2) is 5.21. The lowest BCUT2D eigenvalue weighted by molar-refractivity contribution is 1.13. The summed E-state index contributed by atoms with van der Waals surface area (Å²) in [5, 5.41) is 6.37. The van der Waals surface area contributed by atoms with Crippen LogP contribution in [0.25, 0.3) is 5.70 Å². The summed E-state index contributed by atoms with van der Waals surface area (Å²) in [6.07, 6.45) is 0. The van der Waals surface area contributed by atoms with Crippen molar-refractivity contribution in [3.8, 4) is 0 Å². The molecule has 2 N–H and O–H groups in total. The molecule has 2 rings (SSSR count). The van der Waals surface area contributed by atoms with Crippen LogP contribution in [0.15, 0.2) is 61.2 Å². The molecule has 0 fully saturated rings. The van der Waals surface area contributed by atoms with Crippen molar-refractivity contribution in [2.75, 3.05) is 12.4 Å². The lowest BCUT2D eigenvalue weighted by Crippen LogP contribution is -2.02. The van der Waals surface area contributed by atoms with Gasteiger partial charge in [0, 0.05) is 24.1 Å². The summed E-state index contributed by atoms with van der Waals surface area (Å²) in [5.41, 5.74) is 4.19. The Morgan fingerprint density at radius 3 is 2.06 bits per heavy atom. The van der Waals surface area contributed by atoms with Crippen LogP contribution >= 0.6 is 0 Å². The average Bonchev–Trinajstić information content (AvgIpc) is 2.40. The molecule has 0 saturated heterocycles. The van der Waals surface area contributed by atoms with Gasteiger partial charge in [-0.1, -0.05) is 36.9 Å². The molecule has 17 heavy (non-hydrogen) atoms. The highest BCUT2D eigenvalue weighted by Crippen LogP contribution is 2.18. The molecule has 86 valence electrons. The van der Waals surface area contributed by atoms with Gasteiger partial charge in [0.25, 0.3) is 0 Å². The first-order valence-corrected chi connectivity index (χ1v) is 5.59. The minimum atomic E-state index is 0.927. The molecule has 0 amide bonds. The molecule has 0 radical (unpaired) electrons. The Morgan fingerprint density at radius 1 is 0.882 bits per heavy atom. The molecule has 0 atom stereocenters. The number of benzene rings is 2. The maximum absolute atomic E-state index is 3.93. The van der Waals surface area contributed by atoms with Crippen molar-refractivity contribution in [2.24, 2.45) is 0 Å². The monoisotopic (exact) mass is 224 g/mol. The quantitative estimate of drug-likeness (QED) is 0.828. The van der Waals surface area contributed by atoms with E-state index in [4.69, 9.17) is 0 Å². The van der Waals surface area contributed by atoms with Gasteiger partial charge < -0.3 is 10.6 Å². The standard InChI is InChI=1S/C15H16N2/c1-12(16-2)13-8-10-15(11-9-13)17-14-6-4-3-5-7-14/h3-11,16-17H,1H2,2H3. The van der Waals surface area contributed by atoms with Crippen LogP contribution in [0, 0.1) is 0 Å². The molecule has 0 aromatic heterocycles. The average molecular weight is 224 g/mol. The van der Waals surface area contributed by atoms with Crippen LogP contribution in [0.4, 0.5) is 11.4 Å². The fraction of sp³-hybridized carbons (Fsp3) is 0.0667. The number of para-hydroxylation sites is 1. The fourth-order valence-electron chi connectivity index (χ4n) is 1.59. The first-order chi connectivity index (χ1) is 8.29. The van der Waals surface area contributed by atoms with E-state index in [-0.39, 0.29) is 0 Å². The summed E-state index contributed by atoms with van der Waals surface area (Å²) in [4.78, 5) is 0. The molecule has 0 heterocycles. The summed E-state index contributed by atoms with van der Waals surface area (Å²) in [7, 11) is 1.87. The molecular formula is C15H16N2. The molecule has 2 heteroatoms. The maximum Gasteiger partial charge on any atom is 0.0384 e. The Bertz CT molecular complexity index is 486. The molecule has 2 aromatic carbocycles. The largest absolute Gasteiger partial charge is 0.388 e. The highest BCUT2D eigenvalue weighted by atomic mass is 14.9. The number of hydrogen-bond donors (Lipinski definition) is 2. The first kappa shape index (κ1) is 11.3. The third-order valence-corrected chi connectivity index (χ3v) is 2.60. The van der Waals surface area contributed by atoms with Crippen LogP contribution in [-0.4, -0.2) is 7.05 Å². The molecule has 2 nitrogen and oxygen atoms in total. The van der Waals surface area contributed by atoms with Crippen molar-refractivity contribution in [1.82, 2.24) is 5.32 Å². The van der Waals surface area contributed by atoms with Crippen LogP contribution in [0.5, 0.6) is 0 Å². The second-order valence-electron chi connectivity index (χ2n) is 3.80. The number of anilines is 2. The van der Waals surface area contributed by atoms with Crippen molar-refractivity contribution in [2.45, 2.75) is 0 Å². The van der Waals surface area contributed by atoms with Crippen molar-refractivity contribution < 1.29 is 0 Å². The number of hydrogen-bond acceptors (Lipinski definition) is 2. The Labute approximate surface area is 102 Å². The predicted molar refractivity (Wildman–Crippen MR) is 74.3 cm³/mol. The minimum absolute atomic E-state index is 0.927. The third-order valence-electron chi connectivity index (χ3n) is 2.60. The van der Waals surface area contributed by atoms with E-state index in [0.717, 1.165) is 22.6 Å². The van der Waals surface area contributed by atoms with Gasteiger partial charge in [-0.15, -0.1) is 0 Å². The number of rotatable bonds is 4. The van der Waals surface area contributed by atoms with E-state index < -0.39 is 0 Å². The normalized spacial score (nSPS) is 9.71. The maximum atomic E-state index is 3.93. The van der Waals surface area contributed by atoms with E-state index in [1.54, 1.807) is 0 Å². The lowest BCUT2D eigenvalue weighted by Gasteiger charge is -2.08. The summed E-state index contributed by atoms with van der Waals surface area (Å²) in [6.45, 7) is 3.93. The van der Waals surface area contributed by atoms with E-state index in [1.807, 2.05) is 61.6 Å². The predicted octanol–water partition coefficient (Wildman–Crippen LogP) is 3.62. The zero-order chi connectivity index (χ0) is 12.1. The van der Waals surface area contributed by atoms with Crippen molar-refractivity contribution in [3.63, 3.8) is 0 Å². The Kier molecular flexibility index (Phi) is 3.46. The molecular weight excluding hydrogens is 208 g/mol. The van der Waals surface area contributed by atoms with E-state index in [9.17, 15) is 0 Å². The van der Waals surface area contributed by atoms with Crippen LogP contribution in [-0.2, 0) is 0 Å². The molecule has 0 saturated carbocycles. The van der Waals surface area contributed by atoms with Crippen LogP contribution in [0.2, 0.25) is 0 Å². The Morgan fingerprint density at radius 2 is 1.47 bits per heavy atom. The number of nitrogens with one attached hydrogen (secondary N) is 2. The van der Waals surface area contributed by atoms with Gasteiger partial charge in [-0.25, -0.2) is 0 Å². The SMILES string of the molecule is C=C(NC)c1ccc(Nc2ccccc2)cc1.